The fraction of sp³-hybridized carbons (Fsp3) is 0.500. The first kappa shape index (κ1) is 12.6. The number of rotatable bonds is 4. The molecule has 0 aliphatic carbocycles. The topological polar surface area (TPSA) is 98.3 Å². The summed E-state index contributed by atoms with van der Waals surface area (Å²) in [5.74, 6) is -1.30. The molecule has 0 saturated heterocycles. The smallest absolute Gasteiger partial charge is 0.404 e. The van der Waals surface area contributed by atoms with E-state index in [0.717, 1.165) is 0 Å². The molecule has 0 atom stereocenters. The minimum absolute atomic E-state index is 0.0643. The fourth-order valence-corrected chi connectivity index (χ4v) is 1.52. The van der Waals surface area contributed by atoms with Gasteiger partial charge < -0.3 is 15.2 Å². The normalized spacial score (nSPS) is 11.4. The van der Waals surface area contributed by atoms with E-state index in [1.807, 2.05) is 0 Å². The number of hydrogen-bond donors (Lipinski definition) is 1. The lowest BCUT2D eigenvalue weighted by molar-refractivity contribution is -0.390. The van der Waals surface area contributed by atoms with Gasteiger partial charge in [0.2, 0.25) is 0 Å². The van der Waals surface area contributed by atoms with Gasteiger partial charge in [0, 0.05) is 0 Å². The lowest BCUT2D eigenvalue weighted by Crippen LogP contribution is -2.29. The van der Waals surface area contributed by atoms with Crippen LogP contribution in [0.1, 0.15) is 13.8 Å². The zero-order valence-corrected chi connectivity index (χ0v) is 10.3. The largest absolute Gasteiger partial charge is 0.481 e. The summed E-state index contributed by atoms with van der Waals surface area (Å²) in [6.45, 7) is 3.11. The molecule has 1 rings (SSSR count). The van der Waals surface area contributed by atoms with Gasteiger partial charge >= 0.3 is 11.8 Å². The highest BCUT2D eigenvalue weighted by molar-refractivity contribution is 9.10. The molecule has 1 aromatic heterocycles. The van der Waals surface area contributed by atoms with Gasteiger partial charge in [0.15, 0.2) is 0 Å². The molecule has 88 valence electrons. The first-order valence-corrected chi connectivity index (χ1v) is 5.14. The first-order chi connectivity index (χ1) is 7.24. The number of carbonyl (C=O) groups is 1. The van der Waals surface area contributed by atoms with Crippen molar-refractivity contribution in [2.75, 3.05) is 0 Å². The summed E-state index contributed by atoms with van der Waals surface area (Å²) < 4.78 is 1.48. The second-order valence-corrected chi connectivity index (χ2v) is 4.80. The Morgan fingerprint density at radius 2 is 2.31 bits per heavy atom. The van der Waals surface area contributed by atoms with Gasteiger partial charge in [-0.15, -0.1) is 0 Å². The lowest BCUT2D eigenvalue weighted by Gasteiger charge is -2.16. The van der Waals surface area contributed by atoms with Crippen molar-refractivity contribution in [3.63, 3.8) is 0 Å². The minimum atomic E-state index is -1.03. The number of carboxylic acids is 1. The average molecular weight is 292 g/mol. The SMILES string of the molecule is CC(C)(Cn1cc(Br)c([N+](=O)[O-])n1)C(=O)O. The third-order valence-electron chi connectivity index (χ3n) is 2.01. The van der Waals surface area contributed by atoms with Gasteiger partial charge in [-0.3, -0.25) is 4.79 Å². The summed E-state index contributed by atoms with van der Waals surface area (Å²) in [5.41, 5.74) is -1.03. The molecule has 0 saturated carbocycles. The van der Waals surface area contributed by atoms with E-state index < -0.39 is 16.3 Å². The molecule has 0 fully saturated rings. The molecule has 16 heavy (non-hydrogen) atoms. The van der Waals surface area contributed by atoms with Crippen LogP contribution in [0.15, 0.2) is 10.7 Å². The number of aromatic nitrogens is 2. The van der Waals surface area contributed by atoms with E-state index in [1.54, 1.807) is 0 Å². The van der Waals surface area contributed by atoms with Gasteiger partial charge in [-0.25, -0.2) is 0 Å². The van der Waals surface area contributed by atoms with Crippen LogP contribution in [0.3, 0.4) is 0 Å². The van der Waals surface area contributed by atoms with Crippen molar-refractivity contribution in [3.8, 4) is 0 Å². The van der Waals surface area contributed by atoms with E-state index >= 15 is 0 Å². The van der Waals surface area contributed by atoms with Crippen LogP contribution >= 0.6 is 15.9 Å². The van der Waals surface area contributed by atoms with Gasteiger partial charge in [0.05, 0.1) is 23.3 Å². The summed E-state index contributed by atoms with van der Waals surface area (Å²) in [4.78, 5) is 20.8. The highest BCUT2D eigenvalue weighted by Gasteiger charge is 2.30. The lowest BCUT2D eigenvalue weighted by atomic mass is 9.94. The molecular formula is C8H10BrN3O4. The standard InChI is InChI=1S/C8H10BrN3O4/c1-8(2,7(13)14)4-11-3-5(9)6(10-11)12(15)16/h3H,4H2,1-2H3,(H,13,14). The van der Waals surface area contributed by atoms with Crippen LogP contribution in [-0.4, -0.2) is 25.8 Å². The van der Waals surface area contributed by atoms with Crippen LogP contribution in [0.2, 0.25) is 0 Å². The van der Waals surface area contributed by atoms with Crippen molar-refractivity contribution < 1.29 is 14.8 Å². The molecule has 0 radical (unpaired) electrons. The van der Waals surface area contributed by atoms with Crippen LogP contribution in [0.25, 0.3) is 0 Å². The van der Waals surface area contributed by atoms with Gasteiger partial charge in [-0.05, 0) is 34.7 Å². The number of hydrogen-bond acceptors (Lipinski definition) is 4. The van der Waals surface area contributed by atoms with Crippen LogP contribution < -0.4 is 0 Å². The van der Waals surface area contributed by atoms with Crippen molar-refractivity contribution >= 4 is 27.7 Å². The van der Waals surface area contributed by atoms with Crippen molar-refractivity contribution in [2.24, 2.45) is 5.41 Å². The zero-order chi connectivity index (χ0) is 12.5. The van der Waals surface area contributed by atoms with Crippen molar-refractivity contribution in [1.82, 2.24) is 9.78 Å². The Kier molecular flexibility index (Phi) is 3.32. The number of halogens is 1. The molecule has 0 spiro atoms. The number of aliphatic carboxylic acids is 1. The Morgan fingerprint density at radius 1 is 1.75 bits per heavy atom. The molecule has 0 aliphatic rings. The summed E-state index contributed by atoms with van der Waals surface area (Å²) in [5, 5.41) is 23.1. The highest BCUT2D eigenvalue weighted by atomic mass is 79.9. The molecule has 0 bridgehead atoms. The summed E-state index contributed by atoms with van der Waals surface area (Å²) in [7, 11) is 0. The van der Waals surface area contributed by atoms with E-state index in [-0.39, 0.29) is 16.8 Å². The molecule has 0 unspecified atom stereocenters. The molecule has 1 aromatic rings. The number of carboxylic acid groups (broad SMARTS) is 1. The van der Waals surface area contributed by atoms with Crippen LogP contribution in [-0.2, 0) is 11.3 Å². The van der Waals surface area contributed by atoms with Crippen molar-refractivity contribution in [2.45, 2.75) is 20.4 Å². The van der Waals surface area contributed by atoms with Gasteiger partial charge in [0.1, 0.15) is 4.47 Å². The number of nitro groups is 1. The van der Waals surface area contributed by atoms with Crippen molar-refractivity contribution in [3.05, 3.63) is 20.8 Å². The molecule has 0 aliphatic heterocycles. The predicted octanol–water partition coefficient (Wildman–Crippen LogP) is 1.66. The molecule has 0 aromatic carbocycles. The summed E-state index contributed by atoms with van der Waals surface area (Å²) >= 11 is 2.99. The Balaban J connectivity index is 2.96. The Bertz CT molecular complexity index is 440. The fourth-order valence-electron chi connectivity index (χ4n) is 1.06. The van der Waals surface area contributed by atoms with Crippen LogP contribution in [0, 0.1) is 15.5 Å². The van der Waals surface area contributed by atoms with Crippen LogP contribution in [0.5, 0.6) is 0 Å². The maximum atomic E-state index is 10.9. The summed E-state index contributed by atoms with van der Waals surface area (Å²) in [6, 6.07) is 0. The van der Waals surface area contributed by atoms with E-state index in [0.29, 0.717) is 0 Å². The predicted molar refractivity (Wildman–Crippen MR) is 58.0 cm³/mol. The molecule has 7 nitrogen and oxygen atoms in total. The molecule has 8 heteroatoms. The third kappa shape index (κ3) is 2.57. The maximum Gasteiger partial charge on any atom is 0.404 e. The van der Waals surface area contributed by atoms with Crippen molar-refractivity contribution in [1.29, 1.82) is 0 Å². The minimum Gasteiger partial charge on any atom is -0.481 e. The molecule has 1 N–H and O–H groups in total. The summed E-state index contributed by atoms with van der Waals surface area (Å²) in [6.07, 6.45) is 1.39. The monoisotopic (exact) mass is 291 g/mol. The second kappa shape index (κ2) is 4.20. The van der Waals surface area contributed by atoms with Gasteiger partial charge in [-0.2, -0.15) is 4.68 Å². The van der Waals surface area contributed by atoms with Gasteiger partial charge in [0.25, 0.3) is 0 Å². The average Bonchev–Trinajstić information content (AvgIpc) is 2.45. The van der Waals surface area contributed by atoms with E-state index in [1.165, 1.54) is 24.7 Å². The second-order valence-electron chi connectivity index (χ2n) is 3.94. The zero-order valence-electron chi connectivity index (χ0n) is 8.68. The Hall–Kier alpha value is -1.44. The number of nitrogens with zero attached hydrogens (tertiary/aromatic N) is 3. The molecule has 1 heterocycles. The van der Waals surface area contributed by atoms with Crippen LogP contribution in [0.4, 0.5) is 5.82 Å². The third-order valence-corrected chi connectivity index (χ3v) is 2.57. The molecular weight excluding hydrogens is 282 g/mol. The first-order valence-electron chi connectivity index (χ1n) is 4.35. The van der Waals surface area contributed by atoms with E-state index in [4.69, 9.17) is 5.11 Å². The van der Waals surface area contributed by atoms with E-state index in [2.05, 4.69) is 21.0 Å². The highest BCUT2D eigenvalue weighted by Crippen LogP contribution is 2.25. The van der Waals surface area contributed by atoms with E-state index in [9.17, 15) is 14.9 Å². The maximum absolute atomic E-state index is 10.9. The quantitative estimate of drug-likeness (QED) is 0.672. The van der Waals surface area contributed by atoms with Gasteiger partial charge in [-0.1, -0.05) is 0 Å². The molecule has 0 amide bonds. The Labute approximate surface area is 99.3 Å². The Morgan fingerprint density at radius 3 is 2.69 bits per heavy atom.